The molecule has 0 aromatic heterocycles. The van der Waals surface area contributed by atoms with E-state index in [1.807, 2.05) is 51.1 Å². The average molecular weight is 231 g/mol. The fourth-order valence-electron chi connectivity index (χ4n) is 1.86. The second kappa shape index (κ2) is 4.00. The molecule has 1 unspecified atom stereocenters. The van der Waals surface area contributed by atoms with Crippen molar-refractivity contribution in [3.63, 3.8) is 0 Å². The molecule has 1 aliphatic heterocycles. The molecule has 1 aromatic carbocycles. The lowest BCUT2D eigenvalue weighted by atomic mass is 9.93. The molecule has 90 valence electrons. The van der Waals surface area contributed by atoms with Crippen molar-refractivity contribution in [3.8, 4) is 0 Å². The number of benzene rings is 1. The number of carbonyl (C=O) groups is 1. The van der Waals surface area contributed by atoms with Gasteiger partial charge in [-0.25, -0.2) is 0 Å². The van der Waals surface area contributed by atoms with E-state index in [1.54, 1.807) is 6.20 Å². The van der Waals surface area contributed by atoms with Gasteiger partial charge in [0.2, 0.25) is 5.91 Å². The molecular weight excluding hydrogens is 214 g/mol. The Bertz CT molecular complexity index is 471. The number of aliphatic hydroxyl groups is 1. The number of fused-ring (bicyclic) bond motifs is 1. The van der Waals surface area contributed by atoms with Gasteiger partial charge in [0.25, 0.3) is 0 Å². The molecule has 0 saturated heterocycles. The summed E-state index contributed by atoms with van der Waals surface area (Å²) in [6.07, 6.45) is 2.62. The van der Waals surface area contributed by atoms with Crippen LogP contribution < -0.4 is 0 Å². The van der Waals surface area contributed by atoms with Crippen molar-refractivity contribution >= 4 is 12.0 Å². The molecule has 0 spiro atoms. The largest absolute Gasteiger partial charge is 0.369 e. The van der Waals surface area contributed by atoms with E-state index >= 15 is 0 Å². The Hall–Kier alpha value is -1.61. The maximum atomic E-state index is 12.2. The Kier molecular flexibility index (Phi) is 2.79. The van der Waals surface area contributed by atoms with Gasteiger partial charge in [0.15, 0.2) is 6.23 Å². The van der Waals surface area contributed by atoms with Crippen molar-refractivity contribution in [2.24, 2.45) is 5.41 Å². The molecule has 0 radical (unpaired) electrons. The molecule has 1 N–H and O–H groups in total. The molecule has 0 bridgehead atoms. The highest BCUT2D eigenvalue weighted by molar-refractivity contribution is 5.84. The van der Waals surface area contributed by atoms with Crippen LogP contribution in [0.2, 0.25) is 0 Å². The first-order valence-electron chi connectivity index (χ1n) is 5.69. The predicted octanol–water partition coefficient (Wildman–Crippen LogP) is 2.54. The van der Waals surface area contributed by atoms with Crippen molar-refractivity contribution < 1.29 is 9.90 Å². The third-order valence-electron chi connectivity index (χ3n) is 2.83. The van der Waals surface area contributed by atoms with Crippen LogP contribution in [0.4, 0.5) is 0 Å². The van der Waals surface area contributed by atoms with Gasteiger partial charge in [0.1, 0.15) is 0 Å². The summed E-state index contributed by atoms with van der Waals surface area (Å²) in [5.41, 5.74) is 1.22. The van der Waals surface area contributed by atoms with E-state index in [9.17, 15) is 9.90 Å². The number of amides is 1. The molecule has 1 amide bonds. The summed E-state index contributed by atoms with van der Waals surface area (Å²) in [5, 5.41) is 10.2. The fraction of sp³-hybridized carbons (Fsp3) is 0.357. The molecule has 3 heteroatoms. The number of rotatable bonds is 0. The first-order valence-corrected chi connectivity index (χ1v) is 5.69. The van der Waals surface area contributed by atoms with Gasteiger partial charge in [-0.1, -0.05) is 45.0 Å². The molecule has 3 nitrogen and oxygen atoms in total. The molecule has 1 heterocycles. The molecule has 1 aliphatic rings. The van der Waals surface area contributed by atoms with Gasteiger partial charge in [0.05, 0.1) is 0 Å². The van der Waals surface area contributed by atoms with E-state index in [4.69, 9.17) is 0 Å². The molecule has 2 rings (SSSR count). The predicted molar refractivity (Wildman–Crippen MR) is 66.7 cm³/mol. The zero-order valence-corrected chi connectivity index (χ0v) is 10.3. The smallest absolute Gasteiger partial charge is 0.234 e. The van der Waals surface area contributed by atoms with Crippen molar-refractivity contribution in [1.82, 2.24) is 4.90 Å². The Balaban J connectivity index is 2.36. The van der Waals surface area contributed by atoms with Gasteiger partial charge < -0.3 is 5.11 Å². The van der Waals surface area contributed by atoms with Crippen LogP contribution in [0.25, 0.3) is 6.08 Å². The Morgan fingerprint density at radius 2 is 1.94 bits per heavy atom. The molecule has 0 aliphatic carbocycles. The minimum absolute atomic E-state index is 0.0873. The van der Waals surface area contributed by atoms with Crippen LogP contribution in [-0.4, -0.2) is 15.9 Å². The minimum Gasteiger partial charge on any atom is -0.369 e. The summed E-state index contributed by atoms with van der Waals surface area (Å²) in [6.45, 7) is 5.53. The SMILES string of the molecule is CC(C)(C)C(=O)N1C=Cc2ccccc2C1O. The van der Waals surface area contributed by atoms with Gasteiger partial charge in [0, 0.05) is 17.2 Å². The molecule has 17 heavy (non-hydrogen) atoms. The maximum absolute atomic E-state index is 12.2. The van der Waals surface area contributed by atoms with Crippen LogP contribution >= 0.6 is 0 Å². The highest BCUT2D eigenvalue weighted by Crippen LogP contribution is 2.31. The van der Waals surface area contributed by atoms with Crippen LogP contribution in [0.15, 0.2) is 30.5 Å². The number of nitrogens with zero attached hydrogens (tertiary/aromatic N) is 1. The Labute approximate surface area is 101 Å². The van der Waals surface area contributed by atoms with Crippen LogP contribution in [0.5, 0.6) is 0 Å². The van der Waals surface area contributed by atoms with Crippen molar-refractivity contribution in [3.05, 3.63) is 41.6 Å². The summed E-state index contributed by atoms with van der Waals surface area (Å²) >= 11 is 0. The fourth-order valence-corrected chi connectivity index (χ4v) is 1.86. The highest BCUT2D eigenvalue weighted by Gasteiger charge is 2.32. The first kappa shape index (κ1) is 11.9. The Morgan fingerprint density at radius 1 is 1.29 bits per heavy atom. The van der Waals surface area contributed by atoms with Gasteiger partial charge in [-0.2, -0.15) is 0 Å². The van der Waals surface area contributed by atoms with Gasteiger partial charge in [-0.05, 0) is 11.6 Å². The second-order valence-corrected chi connectivity index (χ2v) is 5.28. The highest BCUT2D eigenvalue weighted by atomic mass is 16.3. The third-order valence-corrected chi connectivity index (χ3v) is 2.83. The summed E-state index contributed by atoms with van der Waals surface area (Å²) in [7, 11) is 0. The molecular formula is C14H17NO2. The molecule has 0 saturated carbocycles. The van der Waals surface area contributed by atoms with Crippen LogP contribution in [0, 0.1) is 5.41 Å². The molecule has 1 aromatic rings. The first-order chi connectivity index (χ1) is 7.91. The number of hydrogen-bond donors (Lipinski definition) is 1. The quantitative estimate of drug-likeness (QED) is 0.745. The molecule has 0 fully saturated rings. The number of carbonyl (C=O) groups excluding carboxylic acids is 1. The third kappa shape index (κ3) is 2.11. The summed E-state index contributed by atoms with van der Waals surface area (Å²) in [5.74, 6) is -0.0873. The van der Waals surface area contributed by atoms with Crippen molar-refractivity contribution in [1.29, 1.82) is 0 Å². The lowest BCUT2D eigenvalue weighted by molar-refractivity contribution is -0.145. The normalized spacial score (nSPS) is 19.1. The summed E-state index contributed by atoms with van der Waals surface area (Å²) in [4.78, 5) is 13.5. The summed E-state index contributed by atoms with van der Waals surface area (Å²) in [6, 6.07) is 7.54. The lowest BCUT2D eigenvalue weighted by Gasteiger charge is -2.33. The van der Waals surface area contributed by atoms with Crippen LogP contribution in [0.3, 0.4) is 0 Å². The standard InChI is InChI=1S/C14H17NO2/c1-14(2,3)13(17)15-9-8-10-6-4-5-7-11(10)12(15)16/h4-9,12,16H,1-3H3. The van der Waals surface area contributed by atoms with Crippen molar-refractivity contribution in [2.45, 2.75) is 27.0 Å². The molecule has 1 atom stereocenters. The van der Waals surface area contributed by atoms with E-state index in [1.165, 1.54) is 4.90 Å². The van der Waals surface area contributed by atoms with E-state index in [-0.39, 0.29) is 5.91 Å². The van der Waals surface area contributed by atoms with E-state index < -0.39 is 11.6 Å². The van der Waals surface area contributed by atoms with E-state index in [2.05, 4.69) is 0 Å². The summed E-state index contributed by atoms with van der Waals surface area (Å²) < 4.78 is 0. The lowest BCUT2D eigenvalue weighted by Crippen LogP contribution is -2.39. The second-order valence-electron chi connectivity index (χ2n) is 5.28. The van der Waals surface area contributed by atoms with Gasteiger partial charge in [-0.3, -0.25) is 9.69 Å². The van der Waals surface area contributed by atoms with Crippen LogP contribution in [-0.2, 0) is 4.79 Å². The van der Waals surface area contributed by atoms with Gasteiger partial charge in [-0.15, -0.1) is 0 Å². The Morgan fingerprint density at radius 3 is 2.59 bits per heavy atom. The topological polar surface area (TPSA) is 40.5 Å². The number of aliphatic hydroxyl groups excluding tert-OH is 1. The monoisotopic (exact) mass is 231 g/mol. The van der Waals surface area contributed by atoms with E-state index in [0.717, 1.165) is 11.1 Å². The van der Waals surface area contributed by atoms with E-state index in [0.29, 0.717) is 0 Å². The zero-order chi connectivity index (χ0) is 12.6. The maximum Gasteiger partial charge on any atom is 0.234 e. The minimum atomic E-state index is -0.886. The average Bonchev–Trinajstić information content (AvgIpc) is 2.28. The van der Waals surface area contributed by atoms with Gasteiger partial charge >= 0.3 is 0 Å². The van der Waals surface area contributed by atoms with Crippen molar-refractivity contribution in [2.75, 3.05) is 0 Å². The number of hydrogen-bond acceptors (Lipinski definition) is 2. The zero-order valence-electron chi connectivity index (χ0n) is 10.3. The van der Waals surface area contributed by atoms with Crippen LogP contribution in [0.1, 0.15) is 38.1 Å².